The first-order valence-electron chi connectivity index (χ1n) is 6.14. The molecule has 7 heteroatoms. The van der Waals surface area contributed by atoms with Gasteiger partial charge in [0.1, 0.15) is 0 Å². The number of benzene rings is 1. The molecule has 1 atom stereocenters. The summed E-state index contributed by atoms with van der Waals surface area (Å²) in [5.74, 6) is -0.260. The summed E-state index contributed by atoms with van der Waals surface area (Å²) in [6.45, 7) is 3.71. The van der Waals surface area contributed by atoms with E-state index in [4.69, 9.17) is 0 Å². The molecule has 0 aromatic heterocycles. The van der Waals surface area contributed by atoms with E-state index in [-0.39, 0.29) is 24.2 Å². The molecule has 0 saturated heterocycles. The predicted molar refractivity (Wildman–Crippen MR) is 75.5 cm³/mol. The third-order valence-corrected chi connectivity index (χ3v) is 3.44. The van der Waals surface area contributed by atoms with Crippen LogP contribution in [0.2, 0.25) is 0 Å². The van der Waals surface area contributed by atoms with Crippen LogP contribution in [0.15, 0.2) is 22.7 Å². The van der Waals surface area contributed by atoms with E-state index in [0.29, 0.717) is 4.47 Å². The molecule has 0 aliphatic heterocycles. The normalized spacial score (nSPS) is 12.9. The molecule has 0 aliphatic rings. The number of hydrogen-bond acceptors (Lipinski definition) is 2. The highest BCUT2D eigenvalue weighted by molar-refractivity contribution is 9.10. The van der Waals surface area contributed by atoms with E-state index in [9.17, 15) is 18.0 Å². The second kappa shape index (κ2) is 6.97. The van der Waals surface area contributed by atoms with E-state index in [2.05, 4.69) is 26.6 Å². The number of carbonyl (C=O) groups is 1. The van der Waals surface area contributed by atoms with E-state index in [1.165, 1.54) is 6.07 Å². The summed E-state index contributed by atoms with van der Waals surface area (Å²) in [7, 11) is 0. The molecule has 2 N–H and O–H groups in total. The minimum Gasteiger partial charge on any atom is -0.375 e. The van der Waals surface area contributed by atoms with Gasteiger partial charge in [-0.1, -0.05) is 6.92 Å². The van der Waals surface area contributed by atoms with Gasteiger partial charge in [-0.05, 0) is 47.5 Å². The van der Waals surface area contributed by atoms with Crippen molar-refractivity contribution in [2.75, 3.05) is 11.9 Å². The fraction of sp³-hybridized carbons (Fsp3) is 0.462. The van der Waals surface area contributed by atoms with Gasteiger partial charge in [0, 0.05) is 16.2 Å². The molecule has 3 nitrogen and oxygen atoms in total. The maximum Gasteiger partial charge on any atom is 0.416 e. The number of halogens is 4. The van der Waals surface area contributed by atoms with Crippen molar-refractivity contribution >= 4 is 27.5 Å². The lowest BCUT2D eigenvalue weighted by Gasteiger charge is -2.14. The molecule has 0 saturated carbocycles. The van der Waals surface area contributed by atoms with E-state index in [0.717, 1.165) is 18.6 Å². The lowest BCUT2D eigenvalue weighted by atomic mass is 10.2. The van der Waals surface area contributed by atoms with Crippen molar-refractivity contribution in [1.29, 1.82) is 0 Å². The minimum atomic E-state index is -4.41. The molecule has 1 aromatic rings. The standard InChI is InChI=1S/C13H16BrF3N2O/c1-3-8(2)19-12(20)7-18-11-6-9(13(15,16)17)4-5-10(11)14/h4-6,8,18H,3,7H2,1-2H3,(H,19,20). The molecule has 0 fully saturated rings. The summed E-state index contributed by atoms with van der Waals surface area (Å²) < 4.78 is 38.3. The zero-order valence-corrected chi connectivity index (χ0v) is 12.7. The van der Waals surface area contributed by atoms with E-state index in [1.807, 2.05) is 13.8 Å². The summed E-state index contributed by atoms with van der Waals surface area (Å²) in [6, 6.07) is 3.29. The molecule has 112 valence electrons. The molecule has 1 aromatic carbocycles. The van der Waals surface area contributed by atoms with Crippen molar-refractivity contribution in [1.82, 2.24) is 5.32 Å². The van der Waals surface area contributed by atoms with Gasteiger partial charge in [-0.15, -0.1) is 0 Å². The number of carbonyl (C=O) groups excluding carboxylic acids is 1. The van der Waals surface area contributed by atoms with Gasteiger partial charge in [-0.2, -0.15) is 13.2 Å². The van der Waals surface area contributed by atoms with Crippen LogP contribution in [0.5, 0.6) is 0 Å². The molecule has 0 bridgehead atoms. The summed E-state index contributed by atoms with van der Waals surface area (Å²) in [5.41, 5.74) is -0.523. The monoisotopic (exact) mass is 352 g/mol. The number of amides is 1. The van der Waals surface area contributed by atoms with Crippen molar-refractivity contribution in [2.45, 2.75) is 32.5 Å². The average Bonchev–Trinajstić information content (AvgIpc) is 2.36. The van der Waals surface area contributed by atoms with Gasteiger partial charge in [0.25, 0.3) is 0 Å². The number of nitrogens with one attached hydrogen (secondary N) is 2. The van der Waals surface area contributed by atoms with Crippen LogP contribution in [0.25, 0.3) is 0 Å². The molecule has 0 aliphatic carbocycles. The third kappa shape index (κ3) is 5.03. The smallest absolute Gasteiger partial charge is 0.375 e. The minimum absolute atomic E-state index is 0.0363. The highest BCUT2D eigenvalue weighted by Gasteiger charge is 2.30. The molecule has 1 rings (SSSR count). The van der Waals surface area contributed by atoms with Gasteiger partial charge >= 0.3 is 6.18 Å². The quantitative estimate of drug-likeness (QED) is 0.846. The first-order chi connectivity index (χ1) is 9.24. The van der Waals surface area contributed by atoms with Crippen molar-refractivity contribution in [3.05, 3.63) is 28.2 Å². The topological polar surface area (TPSA) is 41.1 Å². The Morgan fingerprint density at radius 1 is 1.40 bits per heavy atom. The van der Waals surface area contributed by atoms with Crippen molar-refractivity contribution in [3.63, 3.8) is 0 Å². The first-order valence-corrected chi connectivity index (χ1v) is 6.93. The molecule has 20 heavy (non-hydrogen) atoms. The van der Waals surface area contributed by atoms with Gasteiger partial charge in [-0.25, -0.2) is 0 Å². The number of rotatable bonds is 5. The lowest BCUT2D eigenvalue weighted by Crippen LogP contribution is -2.36. The van der Waals surface area contributed by atoms with E-state index < -0.39 is 11.7 Å². The Kier molecular flexibility index (Phi) is 5.86. The van der Waals surface area contributed by atoms with Gasteiger partial charge in [-0.3, -0.25) is 4.79 Å². The van der Waals surface area contributed by atoms with Crippen LogP contribution >= 0.6 is 15.9 Å². The SMILES string of the molecule is CCC(C)NC(=O)CNc1cc(C(F)(F)F)ccc1Br. The molecule has 0 spiro atoms. The highest BCUT2D eigenvalue weighted by Crippen LogP contribution is 2.33. The lowest BCUT2D eigenvalue weighted by molar-refractivity contribution is -0.137. The van der Waals surface area contributed by atoms with E-state index >= 15 is 0 Å². The maximum absolute atomic E-state index is 12.6. The zero-order chi connectivity index (χ0) is 15.3. The molecule has 1 unspecified atom stereocenters. The maximum atomic E-state index is 12.6. The van der Waals surface area contributed by atoms with E-state index in [1.54, 1.807) is 0 Å². The number of anilines is 1. The fourth-order valence-electron chi connectivity index (χ4n) is 1.44. The molecular weight excluding hydrogens is 337 g/mol. The summed E-state index contributed by atoms with van der Waals surface area (Å²) in [6.07, 6.45) is -3.62. The van der Waals surface area contributed by atoms with Crippen LogP contribution in [-0.2, 0) is 11.0 Å². The average molecular weight is 353 g/mol. The Hall–Kier alpha value is -1.24. The largest absolute Gasteiger partial charge is 0.416 e. The van der Waals surface area contributed by atoms with Crippen LogP contribution in [0, 0.1) is 0 Å². The van der Waals surface area contributed by atoms with Crippen molar-refractivity contribution < 1.29 is 18.0 Å². The Morgan fingerprint density at radius 2 is 2.05 bits per heavy atom. The van der Waals surface area contributed by atoms with Crippen LogP contribution in [0.3, 0.4) is 0 Å². The Balaban J connectivity index is 2.70. The molecule has 1 amide bonds. The highest BCUT2D eigenvalue weighted by atomic mass is 79.9. The van der Waals surface area contributed by atoms with Crippen LogP contribution in [0.1, 0.15) is 25.8 Å². The molecule has 0 radical (unpaired) electrons. The van der Waals surface area contributed by atoms with Gasteiger partial charge in [0.2, 0.25) is 5.91 Å². The molecular formula is C13H16BrF3N2O. The zero-order valence-electron chi connectivity index (χ0n) is 11.1. The van der Waals surface area contributed by atoms with Crippen molar-refractivity contribution in [2.24, 2.45) is 0 Å². The number of alkyl halides is 3. The van der Waals surface area contributed by atoms with Crippen LogP contribution in [-0.4, -0.2) is 18.5 Å². The van der Waals surface area contributed by atoms with Crippen LogP contribution in [0.4, 0.5) is 18.9 Å². The van der Waals surface area contributed by atoms with Gasteiger partial charge < -0.3 is 10.6 Å². The van der Waals surface area contributed by atoms with Gasteiger partial charge in [0.15, 0.2) is 0 Å². The second-order valence-corrected chi connectivity index (χ2v) is 5.28. The van der Waals surface area contributed by atoms with Crippen LogP contribution < -0.4 is 10.6 Å². The fourth-order valence-corrected chi connectivity index (χ4v) is 1.83. The summed E-state index contributed by atoms with van der Waals surface area (Å²) >= 11 is 3.15. The summed E-state index contributed by atoms with van der Waals surface area (Å²) in [4.78, 5) is 11.6. The summed E-state index contributed by atoms with van der Waals surface area (Å²) in [5, 5.41) is 5.42. The number of hydrogen-bond donors (Lipinski definition) is 2. The Bertz CT molecular complexity index is 477. The second-order valence-electron chi connectivity index (χ2n) is 4.42. The Labute approximate surface area is 124 Å². The first kappa shape index (κ1) is 16.8. The molecule has 0 heterocycles. The predicted octanol–water partition coefficient (Wildman–Crippen LogP) is 3.79. The van der Waals surface area contributed by atoms with Gasteiger partial charge in [0.05, 0.1) is 12.1 Å². The van der Waals surface area contributed by atoms with Crippen molar-refractivity contribution in [3.8, 4) is 0 Å². The third-order valence-electron chi connectivity index (χ3n) is 2.75. The Morgan fingerprint density at radius 3 is 2.60 bits per heavy atom.